The largest absolute Gasteiger partial charge is 0.496 e. The van der Waals surface area contributed by atoms with Crippen LogP contribution in [0.5, 0.6) is 5.75 Å². The van der Waals surface area contributed by atoms with Crippen molar-refractivity contribution in [3.8, 4) is 5.75 Å². The minimum atomic E-state index is -0.791. The average molecular weight is 291 g/mol. The number of nitrogens with zero attached hydrogens (tertiary/aromatic N) is 1. The molecule has 1 fully saturated rings. The summed E-state index contributed by atoms with van der Waals surface area (Å²) in [5.41, 5.74) is 2.80. The molecule has 0 bridgehead atoms. The van der Waals surface area contributed by atoms with Crippen LogP contribution in [0.1, 0.15) is 42.0 Å². The van der Waals surface area contributed by atoms with Gasteiger partial charge in [-0.1, -0.05) is 18.6 Å². The number of rotatable bonds is 6. The first-order valence-corrected chi connectivity index (χ1v) is 7.52. The van der Waals surface area contributed by atoms with Crippen molar-refractivity contribution in [2.75, 3.05) is 20.7 Å². The third-order valence-electron chi connectivity index (χ3n) is 4.45. The summed E-state index contributed by atoms with van der Waals surface area (Å²) >= 11 is 0. The van der Waals surface area contributed by atoms with Crippen LogP contribution < -0.4 is 4.74 Å². The Bertz CT molecular complexity index is 500. The molecular weight excluding hydrogens is 266 g/mol. The number of likely N-dealkylation sites (N-methyl/N-ethyl adjacent to an activating group) is 1. The number of hydrogen-bond acceptors (Lipinski definition) is 3. The SMILES string of the molecule is COc1c(C)cc(C(C(=O)O)N(C)CC2CCC2)cc1C. The van der Waals surface area contributed by atoms with E-state index in [1.165, 1.54) is 19.3 Å². The van der Waals surface area contributed by atoms with Crippen LogP contribution in [-0.2, 0) is 4.79 Å². The molecule has 0 radical (unpaired) electrons. The Kier molecular flexibility index (Phi) is 4.88. The van der Waals surface area contributed by atoms with Crippen molar-refractivity contribution in [3.63, 3.8) is 0 Å². The van der Waals surface area contributed by atoms with Gasteiger partial charge in [0.25, 0.3) is 0 Å². The topological polar surface area (TPSA) is 49.8 Å². The van der Waals surface area contributed by atoms with E-state index in [1.54, 1.807) is 7.11 Å². The summed E-state index contributed by atoms with van der Waals surface area (Å²) in [5.74, 6) is 0.697. The van der Waals surface area contributed by atoms with Gasteiger partial charge in [0.05, 0.1) is 7.11 Å². The number of hydrogen-bond donors (Lipinski definition) is 1. The molecule has 1 aromatic carbocycles. The third-order valence-corrected chi connectivity index (χ3v) is 4.45. The van der Waals surface area contributed by atoms with Crippen molar-refractivity contribution in [1.82, 2.24) is 4.90 Å². The maximum Gasteiger partial charge on any atom is 0.325 e. The lowest BCUT2D eigenvalue weighted by atomic mass is 9.84. The number of aryl methyl sites for hydroxylation is 2. The first-order valence-electron chi connectivity index (χ1n) is 7.52. The van der Waals surface area contributed by atoms with Gasteiger partial charge < -0.3 is 9.84 Å². The van der Waals surface area contributed by atoms with Crippen LogP contribution in [-0.4, -0.2) is 36.7 Å². The summed E-state index contributed by atoms with van der Waals surface area (Å²) in [6.07, 6.45) is 3.71. The first-order chi connectivity index (χ1) is 9.93. The normalized spacial score (nSPS) is 16.6. The van der Waals surface area contributed by atoms with Gasteiger partial charge in [-0.3, -0.25) is 9.69 Å². The van der Waals surface area contributed by atoms with Crippen LogP contribution in [0.4, 0.5) is 0 Å². The molecule has 0 aliphatic heterocycles. The summed E-state index contributed by atoms with van der Waals surface area (Å²) in [5, 5.41) is 9.64. The zero-order valence-corrected chi connectivity index (χ0v) is 13.3. The number of carboxylic acids is 1. The van der Waals surface area contributed by atoms with Crippen LogP contribution >= 0.6 is 0 Å². The second-order valence-electron chi connectivity index (χ2n) is 6.17. The highest BCUT2D eigenvalue weighted by Crippen LogP contribution is 2.32. The molecule has 1 saturated carbocycles. The minimum Gasteiger partial charge on any atom is -0.496 e. The Morgan fingerprint density at radius 1 is 1.38 bits per heavy atom. The fourth-order valence-electron chi connectivity index (χ4n) is 3.24. The van der Waals surface area contributed by atoms with Crippen LogP contribution in [0, 0.1) is 19.8 Å². The molecule has 4 heteroatoms. The monoisotopic (exact) mass is 291 g/mol. The lowest BCUT2D eigenvalue weighted by Gasteiger charge is -2.33. The summed E-state index contributed by atoms with van der Waals surface area (Å²) in [6, 6.07) is 3.28. The lowest BCUT2D eigenvalue weighted by molar-refractivity contribution is -0.143. The number of aliphatic carboxylic acids is 1. The van der Waals surface area contributed by atoms with Gasteiger partial charge in [0.1, 0.15) is 11.8 Å². The number of carboxylic acid groups (broad SMARTS) is 1. The summed E-state index contributed by atoms with van der Waals surface area (Å²) in [7, 11) is 3.55. The van der Waals surface area contributed by atoms with Crippen LogP contribution in [0.25, 0.3) is 0 Å². The Labute approximate surface area is 126 Å². The molecule has 116 valence electrons. The van der Waals surface area contributed by atoms with Gasteiger partial charge >= 0.3 is 5.97 Å². The van der Waals surface area contributed by atoms with E-state index in [0.29, 0.717) is 5.92 Å². The van der Waals surface area contributed by atoms with E-state index in [-0.39, 0.29) is 0 Å². The smallest absolute Gasteiger partial charge is 0.325 e. The highest BCUT2D eigenvalue weighted by molar-refractivity contribution is 5.76. The zero-order valence-electron chi connectivity index (χ0n) is 13.3. The Morgan fingerprint density at radius 3 is 2.33 bits per heavy atom. The van der Waals surface area contributed by atoms with E-state index in [9.17, 15) is 9.90 Å². The molecule has 4 nitrogen and oxygen atoms in total. The number of methoxy groups -OCH3 is 1. The van der Waals surface area contributed by atoms with Gasteiger partial charge in [-0.2, -0.15) is 0 Å². The van der Waals surface area contributed by atoms with E-state index in [2.05, 4.69) is 0 Å². The van der Waals surface area contributed by atoms with Crippen molar-refractivity contribution in [1.29, 1.82) is 0 Å². The van der Waals surface area contributed by atoms with Crippen LogP contribution in [0.15, 0.2) is 12.1 Å². The minimum absolute atomic E-state index is 0.589. The highest BCUT2D eigenvalue weighted by Gasteiger charge is 2.29. The highest BCUT2D eigenvalue weighted by atomic mass is 16.5. The van der Waals surface area contributed by atoms with Gasteiger partial charge in [0.15, 0.2) is 0 Å². The van der Waals surface area contributed by atoms with E-state index in [0.717, 1.165) is 29.0 Å². The molecule has 1 aliphatic rings. The maximum absolute atomic E-state index is 11.7. The first kappa shape index (κ1) is 15.8. The van der Waals surface area contributed by atoms with E-state index < -0.39 is 12.0 Å². The predicted octanol–water partition coefficient (Wildman–Crippen LogP) is 3.17. The molecule has 1 unspecified atom stereocenters. The second-order valence-corrected chi connectivity index (χ2v) is 6.17. The fourth-order valence-corrected chi connectivity index (χ4v) is 3.24. The zero-order chi connectivity index (χ0) is 15.6. The van der Waals surface area contributed by atoms with Crippen molar-refractivity contribution >= 4 is 5.97 Å². The quantitative estimate of drug-likeness (QED) is 0.874. The van der Waals surface area contributed by atoms with Gasteiger partial charge in [0.2, 0.25) is 0 Å². The maximum atomic E-state index is 11.7. The Hall–Kier alpha value is -1.55. The molecule has 1 aromatic rings. The molecule has 0 amide bonds. The molecule has 0 saturated heterocycles. The summed E-state index contributed by atoms with van der Waals surface area (Å²) in [4.78, 5) is 13.7. The van der Waals surface area contributed by atoms with Crippen molar-refractivity contribution in [2.24, 2.45) is 5.92 Å². The van der Waals surface area contributed by atoms with Gasteiger partial charge in [-0.25, -0.2) is 0 Å². The molecule has 0 spiro atoms. The molecule has 0 aromatic heterocycles. The second kappa shape index (κ2) is 6.48. The number of ether oxygens (including phenoxy) is 1. The summed E-state index contributed by atoms with van der Waals surface area (Å²) < 4.78 is 5.36. The average Bonchev–Trinajstić information content (AvgIpc) is 2.33. The molecule has 1 atom stereocenters. The fraction of sp³-hybridized carbons (Fsp3) is 0.588. The molecule has 21 heavy (non-hydrogen) atoms. The predicted molar refractivity (Wildman–Crippen MR) is 82.8 cm³/mol. The standard InChI is InChI=1S/C17H25NO3/c1-11-8-14(9-12(2)16(11)21-4)15(17(19)20)18(3)10-13-6-5-7-13/h8-9,13,15H,5-7,10H2,1-4H3,(H,19,20). The molecule has 0 heterocycles. The Morgan fingerprint density at radius 2 is 1.95 bits per heavy atom. The third kappa shape index (κ3) is 3.38. The van der Waals surface area contributed by atoms with Gasteiger partial charge in [-0.05, 0) is 56.3 Å². The number of carbonyl (C=O) groups is 1. The van der Waals surface area contributed by atoms with Crippen LogP contribution in [0.3, 0.4) is 0 Å². The molecule has 1 N–H and O–H groups in total. The van der Waals surface area contributed by atoms with Crippen molar-refractivity contribution in [3.05, 3.63) is 28.8 Å². The number of benzene rings is 1. The van der Waals surface area contributed by atoms with Crippen molar-refractivity contribution in [2.45, 2.75) is 39.2 Å². The van der Waals surface area contributed by atoms with E-state index in [4.69, 9.17) is 4.74 Å². The van der Waals surface area contributed by atoms with Crippen molar-refractivity contribution < 1.29 is 14.6 Å². The molecule has 1 aliphatic carbocycles. The van der Waals surface area contributed by atoms with Gasteiger partial charge in [-0.15, -0.1) is 0 Å². The lowest BCUT2D eigenvalue weighted by Crippen LogP contribution is -2.36. The van der Waals surface area contributed by atoms with Gasteiger partial charge in [0, 0.05) is 6.54 Å². The Balaban J connectivity index is 2.27. The van der Waals surface area contributed by atoms with Crippen LogP contribution in [0.2, 0.25) is 0 Å². The molecular formula is C17H25NO3. The molecule has 2 rings (SSSR count). The summed E-state index contributed by atoms with van der Waals surface area (Å²) in [6.45, 7) is 4.77. The van der Waals surface area contributed by atoms with E-state index in [1.807, 2.05) is 37.9 Å². The van der Waals surface area contributed by atoms with E-state index >= 15 is 0 Å².